The number of hydrogen-bond acceptors (Lipinski definition) is 2. The number of anilines is 1. The van der Waals surface area contributed by atoms with Crippen LogP contribution in [0.1, 0.15) is 25.0 Å². The zero-order valence-electron chi connectivity index (χ0n) is 13.9. The molecule has 2 aromatic carbocycles. The van der Waals surface area contributed by atoms with E-state index in [1.807, 2.05) is 20.2 Å². The van der Waals surface area contributed by atoms with Crippen LogP contribution in [0.15, 0.2) is 59.7 Å². The van der Waals surface area contributed by atoms with Gasteiger partial charge < -0.3 is 9.64 Å². The molecule has 4 rings (SSSR count). The molecule has 0 atom stereocenters. The van der Waals surface area contributed by atoms with Crippen molar-refractivity contribution in [3.05, 3.63) is 70.8 Å². The zero-order valence-corrected chi connectivity index (χ0v) is 13.9. The second kappa shape index (κ2) is 4.67. The Morgan fingerprint density at radius 2 is 1.74 bits per heavy atom. The highest BCUT2D eigenvalue weighted by Gasteiger charge is 2.36. The monoisotopic (exact) mass is 301 g/mol. The van der Waals surface area contributed by atoms with Crippen molar-refractivity contribution in [2.75, 3.05) is 19.0 Å². The molecule has 0 spiro atoms. The number of ether oxygens (including phenoxy) is 1. The minimum Gasteiger partial charge on any atom is -0.446 e. The van der Waals surface area contributed by atoms with Crippen molar-refractivity contribution in [3.8, 4) is 16.9 Å². The molecule has 0 aliphatic heterocycles. The summed E-state index contributed by atoms with van der Waals surface area (Å²) in [6.07, 6.45) is 1.81. The van der Waals surface area contributed by atoms with Crippen molar-refractivity contribution in [2.24, 2.45) is 0 Å². The Morgan fingerprint density at radius 3 is 2.39 bits per heavy atom. The Balaban J connectivity index is 1.94. The number of hydrogen-bond donors (Lipinski definition) is 0. The van der Waals surface area contributed by atoms with Gasteiger partial charge in [-0.15, -0.1) is 0 Å². The molecule has 0 aromatic heterocycles. The fraction of sp³-hybridized carbons (Fsp3) is 0.238. The van der Waals surface area contributed by atoms with Crippen LogP contribution in [0.2, 0.25) is 0 Å². The lowest BCUT2D eigenvalue weighted by molar-refractivity contribution is 0.442. The largest absolute Gasteiger partial charge is 0.446 e. The summed E-state index contributed by atoms with van der Waals surface area (Å²) in [7, 11) is 4.09. The summed E-state index contributed by atoms with van der Waals surface area (Å²) in [5.74, 6) is 1.61. The maximum Gasteiger partial charge on any atom is 0.186 e. The molecule has 0 saturated carbocycles. The van der Waals surface area contributed by atoms with Gasteiger partial charge in [-0.25, -0.2) is 0 Å². The van der Waals surface area contributed by atoms with Crippen molar-refractivity contribution in [2.45, 2.75) is 19.3 Å². The van der Waals surface area contributed by atoms with Crippen LogP contribution in [0.3, 0.4) is 0 Å². The van der Waals surface area contributed by atoms with Crippen LogP contribution in [-0.2, 0) is 5.41 Å². The van der Waals surface area contributed by atoms with Crippen LogP contribution < -0.4 is 9.64 Å². The first kappa shape index (κ1) is 14.0. The van der Waals surface area contributed by atoms with E-state index in [0.29, 0.717) is 0 Å². The van der Waals surface area contributed by atoms with E-state index >= 15 is 0 Å². The van der Waals surface area contributed by atoms with Gasteiger partial charge >= 0.3 is 0 Å². The molecule has 0 unspecified atom stereocenters. The molecule has 0 heterocycles. The van der Waals surface area contributed by atoms with E-state index in [2.05, 4.69) is 66.6 Å². The summed E-state index contributed by atoms with van der Waals surface area (Å²) >= 11 is 0. The molecule has 114 valence electrons. The Morgan fingerprint density at radius 1 is 1.00 bits per heavy atom. The van der Waals surface area contributed by atoms with Gasteiger partial charge in [-0.05, 0) is 40.1 Å². The smallest absolute Gasteiger partial charge is 0.186 e. The first-order valence-electron chi connectivity index (χ1n) is 7.84. The Labute approximate surface area is 137 Å². The van der Waals surface area contributed by atoms with Crippen LogP contribution >= 0.6 is 0 Å². The molecule has 2 aliphatic carbocycles. The molecule has 0 amide bonds. The van der Waals surface area contributed by atoms with Crippen LogP contribution in [0.4, 0.5) is 5.69 Å². The Hall–Kier alpha value is -2.66. The highest BCUT2D eigenvalue weighted by molar-refractivity contribution is 5.85. The zero-order chi connectivity index (χ0) is 16.2. The Kier molecular flexibility index (Phi) is 2.83. The highest BCUT2D eigenvalue weighted by Crippen LogP contribution is 2.51. The molecular weight excluding hydrogens is 282 g/mol. The van der Waals surface area contributed by atoms with Gasteiger partial charge in [0.05, 0.1) is 5.69 Å². The van der Waals surface area contributed by atoms with Crippen molar-refractivity contribution >= 4 is 5.69 Å². The highest BCUT2D eigenvalue weighted by atomic mass is 16.5. The minimum absolute atomic E-state index is 0.0193. The average Bonchev–Trinajstić information content (AvgIpc) is 2.71. The molecule has 2 nitrogen and oxygen atoms in total. The minimum atomic E-state index is -0.0193. The third-order valence-corrected chi connectivity index (χ3v) is 4.76. The lowest BCUT2D eigenvalue weighted by Gasteiger charge is -2.24. The summed E-state index contributed by atoms with van der Waals surface area (Å²) in [5.41, 5.74) is 12.2. The quantitative estimate of drug-likeness (QED) is 0.765. The number of fused-ring (bicyclic) bond motifs is 3. The number of allylic oxidation sites excluding steroid dienone is 1. The van der Waals surface area contributed by atoms with E-state index in [-0.39, 0.29) is 5.41 Å². The summed E-state index contributed by atoms with van der Waals surface area (Å²) in [6.45, 7) is 4.55. The molecule has 2 heteroatoms. The fourth-order valence-corrected chi connectivity index (χ4v) is 3.45. The maximum atomic E-state index is 6.01. The predicted molar refractivity (Wildman–Crippen MR) is 94.1 cm³/mol. The molecular formula is C21H19NO. The van der Waals surface area contributed by atoms with E-state index in [1.165, 1.54) is 22.3 Å². The van der Waals surface area contributed by atoms with Crippen LogP contribution in [0, 0.1) is 0 Å². The molecule has 0 fully saturated rings. The summed E-state index contributed by atoms with van der Waals surface area (Å²) in [4.78, 5) is 2.09. The van der Waals surface area contributed by atoms with E-state index < -0.39 is 0 Å². The number of nitrogens with zero attached hydrogens (tertiary/aromatic N) is 1. The van der Waals surface area contributed by atoms with Gasteiger partial charge in [0.2, 0.25) is 0 Å². The topological polar surface area (TPSA) is 12.5 Å². The van der Waals surface area contributed by atoms with Crippen LogP contribution in [0.25, 0.3) is 11.1 Å². The molecule has 0 radical (unpaired) electrons. The van der Waals surface area contributed by atoms with Crippen molar-refractivity contribution in [1.82, 2.24) is 0 Å². The van der Waals surface area contributed by atoms with Crippen LogP contribution in [0.5, 0.6) is 5.75 Å². The summed E-state index contributed by atoms with van der Waals surface area (Å²) < 4.78 is 6.01. The third kappa shape index (κ3) is 1.97. The van der Waals surface area contributed by atoms with Crippen molar-refractivity contribution < 1.29 is 4.74 Å². The first-order chi connectivity index (χ1) is 11.0. The molecule has 0 N–H and O–H groups in total. The summed E-state index contributed by atoms with van der Waals surface area (Å²) in [5, 5.41) is 0. The maximum absolute atomic E-state index is 6.01. The van der Waals surface area contributed by atoms with Gasteiger partial charge in [0.15, 0.2) is 11.5 Å². The molecule has 2 aliphatic rings. The standard InChI is InChI=1S/C21H19NO/c1-21(2)17-11-6-5-10-15(17)16-12-19(22(3)4)20(13-18(16)21)23-14-8-7-9-14/h5-6,8,10-13H,1-4H3. The fourth-order valence-electron chi connectivity index (χ4n) is 3.45. The van der Waals surface area contributed by atoms with Gasteiger partial charge in [-0.3, -0.25) is 0 Å². The lowest BCUT2D eigenvalue weighted by atomic mass is 9.82. The average molecular weight is 301 g/mol. The second-order valence-electron chi connectivity index (χ2n) is 6.81. The van der Waals surface area contributed by atoms with Gasteiger partial charge in [-0.1, -0.05) is 43.8 Å². The normalized spacial score (nSPS) is 15.6. The molecule has 23 heavy (non-hydrogen) atoms. The van der Waals surface area contributed by atoms with Crippen molar-refractivity contribution in [1.29, 1.82) is 0 Å². The van der Waals surface area contributed by atoms with E-state index in [0.717, 1.165) is 17.2 Å². The predicted octanol–water partition coefficient (Wildman–Crippen LogP) is 4.65. The van der Waals surface area contributed by atoms with Gasteiger partial charge in [-0.2, -0.15) is 0 Å². The number of rotatable bonds is 3. The van der Waals surface area contributed by atoms with E-state index in [1.54, 1.807) is 0 Å². The third-order valence-electron chi connectivity index (χ3n) is 4.76. The van der Waals surface area contributed by atoms with Gasteiger partial charge in [0.25, 0.3) is 0 Å². The van der Waals surface area contributed by atoms with Gasteiger partial charge in [0.1, 0.15) is 0 Å². The van der Waals surface area contributed by atoms with Crippen LogP contribution in [-0.4, -0.2) is 14.1 Å². The second-order valence-corrected chi connectivity index (χ2v) is 6.81. The Bertz CT molecular complexity index is 921. The van der Waals surface area contributed by atoms with E-state index in [4.69, 9.17) is 4.74 Å². The van der Waals surface area contributed by atoms with Crippen molar-refractivity contribution in [3.63, 3.8) is 0 Å². The molecule has 0 bridgehead atoms. The molecule has 2 aromatic rings. The lowest BCUT2D eigenvalue weighted by Crippen LogP contribution is -2.16. The van der Waals surface area contributed by atoms with Gasteiger partial charge in [0, 0.05) is 25.6 Å². The van der Waals surface area contributed by atoms with E-state index in [9.17, 15) is 0 Å². The SMILES string of the molecule is CN(C)c1cc2c(cc1OC1=C=C=C1)C(C)(C)c1ccccc1-2. The molecule has 0 saturated heterocycles. The number of benzene rings is 2. The first-order valence-corrected chi connectivity index (χ1v) is 7.84. The summed E-state index contributed by atoms with van der Waals surface area (Å²) in [6, 6.07) is 13.1.